The number of nitrogens with zero attached hydrogens (tertiary/aromatic N) is 2. The fourth-order valence-electron chi connectivity index (χ4n) is 8.00. The number of rotatable bonds is 7. The van der Waals surface area contributed by atoms with E-state index in [-0.39, 0.29) is 55.8 Å². The number of hydrogen-bond acceptors (Lipinski definition) is 7. The molecule has 5 rings (SSSR count). The van der Waals surface area contributed by atoms with E-state index in [1.54, 1.807) is 4.90 Å². The van der Waals surface area contributed by atoms with Crippen molar-refractivity contribution in [3.8, 4) is 0 Å². The Morgan fingerprint density at radius 3 is 2.43 bits per heavy atom. The molecular weight excluding hydrogens is 666 g/mol. The molecule has 3 amide bonds. The van der Waals surface area contributed by atoms with E-state index in [1.165, 1.54) is 0 Å². The predicted octanol–water partition coefficient (Wildman–Crippen LogP) is 4.43. The second-order valence-corrected chi connectivity index (χ2v) is 15.9. The number of carbonyl (C=O) groups excluding carboxylic acids is 4. The summed E-state index contributed by atoms with van der Waals surface area (Å²) in [7, 11) is 0. The molecule has 1 aromatic carbocycles. The van der Waals surface area contributed by atoms with Crippen LogP contribution in [0.2, 0.25) is 0 Å². The minimum atomic E-state index is -1.38. The Balaban J connectivity index is 1.61. The number of hydrogen-bond donors (Lipinski definition) is 2. The SMILES string of the molecule is CC(C)(C)CC(C)(C)N1C/C=C\CCC(=O)NC[C@@H](c2ccccc2)OC(=O)[C@@H]2[C@H]3O[C@@]4(C=C3Br)[C@H](C1=O)N(CCCCO)C(=O)[C@@H]24. The van der Waals surface area contributed by atoms with Crippen molar-refractivity contribution in [1.82, 2.24) is 15.1 Å². The monoisotopic (exact) mass is 713 g/mol. The first-order valence-corrected chi connectivity index (χ1v) is 17.5. The number of likely N-dealkylation sites (tertiary alicyclic amines) is 1. The topological polar surface area (TPSA) is 125 Å². The lowest BCUT2D eigenvalue weighted by Gasteiger charge is -2.45. The first kappa shape index (κ1) is 35.3. The summed E-state index contributed by atoms with van der Waals surface area (Å²) in [4.78, 5) is 60.0. The molecule has 4 heterocycles. The third-order valence-corrected chi connectivity index (χ3v) is 10.3. The van der Waals surface area contributed by atoms with Gasteiger partial charge < -0.3 is 29.7 Å². The van der Waals surface area contributed by atoms with Gasteiger partial charge in [0.1, 0.15) is 29.8 Å². The van der Waals surface area contributed by atoms with Crippen LogP contribution >= 0.6 is 15.9 Å². The highest BCUT2D eigenvalue weighted by Crippen LogP contribution is 2.59. The molecule has 4 aliphatic rings. The number of carbonyl (C=O) groups is 4. The Labute approximate surface area is 286 Å². The Morgan fingerprint density at radius 2 is 1.74 bits per heavy atom. The van der Waals surface area contributed by atoms with E-state index in [1.807, 2.05) is 67.3 Å². The molecule has 47 heavy (non-hydrogen) atoms. The predicted molar refractivity (Wildman–Crippen MR) is 180 cm³/mol. The van der Waals surface area contributed by atoms with Crippen LogP contribution in [0.5, 0.6) is 0 Å². The Hall–Kier alpha value is -3.02. The molecule has 1 aromatic rings. The van der Waals surface area contributed by atoms with Crippen LogP contribution in [0.3, 0.4) is 0 Å². The summed E-state index contributed by atoms with van der Waals surface area (Å²) in [6.07, 6.45) is 6.37. The van der Waals surface area contributed by atoms with Gasteiger partial charge in [-0.2, -0.15) is 0 Å². The zero-order chi connectivity index (χ0) is 34.1. The summed E-state index contributed by atoms with van der Waals surface area (Å²) in [5, 5.41) is 12.5. The molecule has 11 heteroatoms. The molecule has 10 nitrogen and oxygen atoms in total. The maximum atomic E-state index is 15.1. The summed E-state index contributed by atoms with van der Waals surface area (Å²) >= 11 is 3.62. The zero-order valence-corrected chi connectivity index (χ0v) is 29.6. The van der Waals surface area contributed by atoms with Gasteiger partial charge in [-0.25, -0.2) is 0 Å². The van der Waals surface area contributed by atoms with E-state index in [4.69, 9.17) is 9.47 Å². The number of benzene rings is 1. The normalized spacial score (nSPS) is 31.0. The minimum absolute atomic E-state index is 0.0405. The highest BCUT2D eigenvalue weighted by molar-refractivity contribution is 9.11. The van der Waals surface area contributed by atoms with Crippen molar-refractivity contribution in [1.29, 1.82) is 0 Å². The molecule has 0 unspecified atom stereocenters. The zero-order valence-electron chi connectivity index (χ0n) is 28.0. The number of unbranched alkanes of at least 4 members (excludes halogenated alkanes) is 1. The van der Waals surface area contributed by atoms with Crippen molar-refractivity contribution in [2.75, 3.05) is 26.2 Å². The lowest BCUT2D eigenvalue weighted by Crippen LogP contribution is -2.60. The van der Waals surface area contributed by atoms with Gasteiger partial charge >= 0.3 is 5.97 Å². The van der Waals surface area contributed by atoms with E-state index in [9.17, 15) is 19.5 Å². The van der Waals surface area contributed by atoms with Gasteiger partial charge in [-0.15, -0.1) is 0 Å². The van der Waals surface area contributed by atoms with Gasteiger partial charge in [-0.3, -0.25) is 19.2 Å². The largest absolute Gasteiger partial charge is 0.455 e. The maximum absolute atomic E-state index is 15.1. The number of amides is 3. The van der Waals surface area contributed by atoms with Crippen molar-refractivity contribution in [3.63, 3.8) is 0 Å². The van der Waals surface area contributed by atoms with Gasteiger partial charge in [-0.1, -0.05) is 79.2 Å². The van der Waals surface area contributed by atoms with Crippen LogP contribution in [-0.2, 0) is 28.7 Å². The lowest BCUT2D eigenvalue weighted by atomic mass is 9.74. The smallest absolute Gasteiger partial charge is 0.313 e. The van der Waals surface area contributed by atoms with Gasteiger partial charge in [0.15, 0.2) is 0 Å². The maximum Gasteiger partial charge on any atom is 0.313 e. The van der Waals surface area contributed by atoms with Gasteiger partial charge in [0, 0.05) is 36.1 Å². The average Bonchev–Trinajstić information content (AvgIpc) is 3.58. The minimum Gasteiger partial charge on any atom is -0.455 e. The number of esters is 1. The van der Waals surface area contributed by atoms with Crippen LogP contribution in [0.1, 0.15) is 78.4 Å². The summed E-state index contributed by atoms with van der Waals surface area (Å²) in [5.41, 5.74) is -1.40. The molecule has 5 bridgehead atoms. The Morgan fingerprint density at radius 1 is 1.02 bits per heavy atom. The van der Waals surface area contributed by atoms with Crippen LogP contribution in [0.25, 0.3) is 0 Å². The quantitative estimate of drug-likeness (QED) is 0.244. The number of aliphatic hydroxyl groups is 1. The summed E-state index contributed by atoms with van der Waals surface area (Å²) in [5.74, 6) is -3.39. The highest BCUT2D eigenvalue weighted by atomic mass is 79.9. The molecule has 0 radical (unpaired) electrons. The first-order valence-electron chi connectivity index (χ1n) is 16.7. The summed E-state index contributed by atoms with van der Waals surface area (Å²) in [6.45, 7) is 11.0. The number of nitrogens with one attached hydrogen (secondary N) is 1. The molecule has 0 aromatic heterocycles. The van der Waals surface area contributed by atoms with Crippen LogP contribution < -0.4 is 5.32 Å². The van der Waals surface area contributed by atoms with Crippen molar-refractivity contribution in [2.24, 2.45) is 17.3 Å². The Bertz CT molecular complexity index is 1420. The van der Waals surface area contributed by atoms with E-state index < -0.39 is 47.2 Å². The molecule has 0 saturated carbocycles. The van der Waals surface area contributed by atoms with Crippen LogP contribution in [0, 0.1) is 17.3 Å². The molecule has 2 N–H and O–H groups in total. The average molecular weight is 715 g/mol. The Kier molecular flexibility index (Phi) is 10.4. The van der Waals surface area contributed by atoms with Crippen LogP contribution in [-0.4, -0.2) is 88.1 Å². The molecule has 4 aliphatic heterocycles. The van der Waals surface area contributed by atoms with Crippen molar-refractivity contribution in [2.45, 2.75) is 96.1 Å². The fourth-order valence-corrected chi connectivity index (χ4v) is 8.73. The second-order valence-electron chi connectivity index (χ2n) is 14.9. The number of ether oxygens (including phenoxy) is 2. The number of aliphatic hydroxyl groups excluding tert-OH is 1. The molecule has 2 fully saturated rings. The lowest BCUT2D eigenvalue weighted by molar-refractivity contribution is -0.160. The standard InChI is InChI=1S/C36H48BrN3O7/c1-34(2,3)22-35(4,5)40-18-11-7-10-16-26(42)38-21-25(23-14-8-6-9-15-23)46-33(45)27-28-31(43)39(17-12-13-19-41)30(32(40)44)36(28)20-24(37)29(27)47-36/h6-9,11,14-15,20,25,27-30,41H,10,12-13,16-19,21-22H2,1-5H3,(H,38,42)/b11-7-/t25-,27-,28+,29-,30-,36+/m0/s1. The first-order chi connectivity index (χ1) is 22.2. The van der Waals surface area contributed by atoms with Gasteiger partial charge in [0.2, 0.25) is 17.7 Å². The number of cyclic esters (lactones) is 1. The van der Waals surface area contributed by atoms with E-state index in [0.717, 1.165) is 0 Å². The highest BCUT2D eigenvalue weighted by Gasteiger charge is 2.75. The van der Waals surface area contributed by atoms with E-state index in [0.29, 0.717) is 35.7 Å². The number of allylic oxidation sites excluding steroid dienone is 1. The molecule has 2 saturated heterocycles. The third kappa shape index (κ3) is 7.08. The summed E-state index contributed by atoms with van der Waals surface area (Å²) < 4.78 is 13.4. The van der Waals surface area contributed by atoms with E-state index >= 15 is 4.79 Å². The third-order valence-electron chi connectivity index (χ3n) is 9.61. The van der Waals surface area contributed by atoms with E-state index in [2.05, 4.69) is 42.0 Å². The van der Waals surface area contributed by atoms with Crippen LogP contribution in [0.4, 0.5) is 0 Å². The molecule has 1 spiro atoms. The second kappa shape index (κ2) is 13.8. The van der Waals surface area contributed by atoms with Crippen molar-refractivity contribution < 1.29 is 33.8 Å². The molecule has 0 aliphatic carbocycles. The number of fused-ring (bicyclic) bond motifs is 2. The van der Waals surface area contributed by atoms with Gasteiger partial charge in [-0.05, 0) is 56.6 Å². The number of halogens is 1. The van der Waals surface area contributed by atoms with Crippen molar-refractivity contribution >= 4 is 39.6 Å². The summed E-state index contributed by atoms with van der Waals surface area (Å²) in [6, 6.07) is 8.16. The van der Waals surface area contributed by atoms with Crippen molar-refractivity contribution in [3.05, 3.63) is 58.6 Å². The molecule has 256 valence electrons. The van der Waals surface area contributed by atoms with Gasteiger partial charge in [0.05, 0.1) is 12.5 Å². The van der Waals surface area contributed by atoms with Crippen LogP contribution in [0.15, 0.2) is 53.0 Å². The molecule has 6 atom stereocenters. The molecular formula is C36H48BrN3O7. The van der Waals surface area contributed by atoms with Gasteiger partial charge in [0.25, 0.3) is 0 Å². The fraction of sp³-hybridized carbons (Fsp3) is 0.611.